The van der Waals surface area contributed by atoms with Gasteiger partial charge in [0.1, 0.15) is 0 Å². The predicted molar refractivity (Wildman–Crippen MR) is 77.0 cm³/mol. The van der Waals surface area contributed by atoms with Crippen LogP contribution in [0.4, 0.5) is 0 Å². The van der Waals surface area contributed by atoms with Crippen molar-refractivity contribution in [3.8, 4) is 0 Å². The van der Waals surface area contributed by atoms with Crippen molar-refractivity contribution in [3.63, 3.8) is 0 Å². The normalized spacial score (nSPS) is 23.3. The van der Waals surface area contributed by atoms with E-state index in [0.29, 0.717) is 12.0 Å². The van der Waals surface area contributed by atoms with Crippen molar-refractivity contribution in [2.24, 2.45) is 16.8 Å². The molecule has 0 aliphatic heterocycles. The Labute approximate surface area is 112 Å². The predicted octanol–water partition coefficient (Wildman–Crippen LogP) is 2.01. The van der Waals surface area contributed by atoms with Gasteiger partial charge < -0.3 is 15.4 Å². The molecule has 106 valence electrons. The average Bonchev–Trinajstić information content (AvgIpc) is 2.99. The molecule has 0 heterocycles. The summed E-state index contributed by atoms with van der Waals surface area (Å²) in [5.74, 6) is 2.36. The van der Waals surface area contributed by atoms with E-state index in [1.165, 1.54) is 6.42 Å². The van der Waals surface area contributed by atoms with Crippen LogP contribution >= 0.6 is 0 Å². The first-order valence-corrected chi connectivity index (χ1v) is 7.26. The topological polar surface area (TPSA) is 45.7 Å². The van der Waals surface area contributed by atoms with Crippen LogP contribution in [-0.4, -0.2) is 38.3 Å². The Morgan fingerprint density at radius 2 is 2.17 bits per heavy atom. The van der Waals surface area contributed by atoms with Crippen LogP contribution in [0, 0.1) is 11.8 Å². The van der Waals surface area contributed by atoms with Crippen LogP contribution in [-0.2, 0) is 4.74 Å². The third-order valence-electron chi connectivity index (χ3n) is 2.94. The zero-order valence-corrected chi connectivity index (χ0v) is 12.3. The van der Waals surface area contributed by atoms with E-state index in [0.717, 1.165) is 44.6 Å². The second kappa shape index (κ2) is 8.35. The van der Waals surface area contributed by atoms with E-state index in [1.807, 2.05) is 0 Å². The first-order valence-electron chi connectivity index (χ1n) is 7.26. The summed E-state index contributed by atoms with van der Waals surface area (Å²) in [5, 5.41) is 6.73. The highest BCUT2D eigenvalue weighted by Gasteiger charge is 2.33. The molecule has 0 spiro atoms. The summed E-state index contributed by atoms with van der Waals surface area (Å²) in [7, 11) is 0. The number of nitrogens with zero attached hydrogens (tertiary/aromatic N) is 1. The summed E-state index contributed by atoms with van der Waals surface area (Å²) in [5.41, 5.74) is 0. The van der Waals surface area contributed by atoms with Crippen LogP contribution < -0.4 is 10.6 Å². The summed E-state index contributed by atoms with van der Waals surface area (Å²) in [4.78, 5) is 4.56. The highest BCUT2D eigenvalue weighted by Crippen LogP contribution is 2.28. The van der Waals surface area contributed by atoms with Crippen LogP contribution in [0.1, 0.15) is 40.5 Å². The molecule has 0 aromatic heterocycles. The summed E-state index contributed by atoms with van der Waals surface area (Å²) in [6, 6.07) is 0.625. The SMILES string of the molecule is CCNC(=NCCCOCC(C)C)NC1CC1C. The van der Waals surface area contributed by atoms with Gasteiger partial charge in [-0.1, -0.05) is 20.8 Å². The highest BCUT2D eigenvalue weighted by molar-refractivity contribution is 5.80. The minimum atomic E-state index is 0.615. The first-order chi connectivity index (χ1) is 8.63. The number of hydrogen-bond donors (Lipinski definition) is 2. The Kier molecular flexibility index (Phi) is 7.09. The molecule has 18 heavy (non-hydrogen) atoms. The Bertz CT molecular complexity index is 253. The number of nitrogens with one attached hydrogen (secondary N) is 2. The van der Waals surface area contributed by atoms with Gasteiger partial charge in [-0.3, -0.25) is 4.99 Å². The average molecular weight is 255 g/mol. The molecular formula is C14H29N3O. The standard InChI is InChI=1S/C14H29N3O/c1-5-15-14(17-13-9-12(13)4)16-7-6-8-18-10-11(2)3/h11-13H,5-10H2,1-4H3,(H2,15,16,17). The van der Waals surface area contributed by atoms with Crippen molar-refractivity contribution in [2.75, 3.05) is 26.3 Å². The van der Waals surface area contributed by atoms with Crippen molar-refractivity contribution >= 4 is 5.96 Å². The molecule has 0 amide bonds. The summed E-state index contributed by atoms with van der Waals surface area (Å²) < 4.78 is 5.54. The lowest BCUT2D eigenvalue weighted by Crippen LogP contribution is -2.39. The molecule has 1 aliphatic carbocycles. The maximum Gasteiger partial charge on any atom is 0.191 e. The maximum absolute atomic E-state index is 5.54. The van der Waals surface area contributed by atoms with Crippen molar-refractivity contribution in [3.05, 3.63) is 0 Å². The molecule has 0 bridgehead atoms. The van der Waals surface area contributed by atoms with Crippen LogP contribution in [0.2, 0.25) is 0 Å². The van der Waals surface area contributed by atoms with Crippen molar-refractivity contribution in [1.29, 1.82) is 0 Å². The van der Waals surface area contributed by atoms with Gasteiger partial charge in [0.15, 0.2) is 5.96 Å². The Morgan fingerprint density at radius 3 is 2.72 bits per heavy atom. The smallest absolute Gasteiger partial charge is 0.191 e. The van der Waals surface area contributed by atoms with Gasteiger partial charge in [-0.2, -0.15) is 0 Å². The number of aliphatic imine (C=N–C) groups is 1. The van der Waals surface area contributed by atoms with Gasteiger partial charge in [0.05, 0.1) is 0 Å². The fourth-order valence-electron chi connectivity index (χ4n) is 1.70. The monoisotopic (exact) mass is 255 g/mol. The van der Waals surface area contributed by atoms with Gasteiger partial charge >= 0.3 is 0 Å². The van der Waals surface area contributed by atoms with E-state index < -0.39 is 0 Å². The van der Waals surface area contributed by atoms with Gasteiger partial charge in [-0.15, -0.1) is 0 Å². The summed E-state index contributed by atoms with van der Waals surface area (Å²) >= 11 is 0. The quantitative estimate of drug-likeness (QED) is 0.396. The first kappa shape index (κ1) is 15.3. The minimum absolute atomic E-state index is 0.615. The van der Waals surface area contributed by atoms with Crippen molar-refractivity contribution in [2.45, 2.75) is 46.6 Å². The van der Waals surface area contributed by atoms with E-state index >= 15 is 0 Å². The zero-order chi connectivity index (χ0) is 13.4. The Hall–Kier alpha value is -0.770. The molecule has 4 heteroatoms. The van der Waals surface area contributed by atoms with Crippen LogP contribution in [0.15, 0.2) is 4.99 Å². The van der Waals surface area contributed by atoms with Crippen LogP contribution in [0.5, 0.6) is 0 Å². The lowest BCUT2D eigenvalue weighted by Gasteiger charge is -2.11. The Morgan fingerprint density at radius 1 is 1.44 bits per heavy atom. The Balaban J connectivity index is 2.11. The van der Waals surface area contributed by atoms with Gasteiger partial charge in [-0.05, 0) is 31.6 Å². The van der Waals surface area contributed by atoms with Gasteiger partial charge in [0, 0.05) is 32.3 Å². The molecule has 0 radical (unpaired) electrons. The third-order valence-corrected chi connectivity index (χ3v) is 2.94. The van der Waals surface area contributed by atoms with E-state index in [9.17, 15) is 0 Å². The molecule has 0 aromatic carbocycles. The van der Waals surface area contributed by atoms with E-state index in [2.05, 4.69) is 43.3 Å². The molecule has 0 aromatic rings. The molecule has 1 aliphatic rings. The van der Waals surface area contributed by atoms with Gasteiger partial charge in [0.2, 0.25) is 0 Å². The number of hydrogen-bond acceptors (Lipinski definition) is 2. The lowest BCUT2D eigenvalue weighted by molar-refractivity contribution is 0.109. The van der Waals surface area contributed by atoms with Crippen LogP contribution in [0.3, 0.4) is 0 Å². The summed E-state index contributed by atoms with van der Waals surface area (Å²) in [6.07, 6.45) is 2.26. The molecular weight excluding hydrogens is 226 g/mol. The third kappa shape index (κ3) is 6.84. The molecule has 0 saturated heterocycles. The largest absolute Gasteiger partial charge is 0.381 e. The molecule has 2 unspecified atom stereocenters. The fraction of sp³-hybridized carbons (Fsp3) is 0.929. The summed E-state index contributed by atoms with van der Waals surface area (Å²) in [6.45, 7) is 12.1. The van der Waals surface area contributed by atoms with Gasteiger partial charge in [-0.25, -0.2) is 0 Å². The van der Waals surface area contributed by atoms with E-state index in [4.69, 9.17) is 4.74 Å². The molecule has 1 saturated carbocycles. The zero-order valence-electron chi connectivity index (χ0n) is 12.3. The maximum atomic E-state index is 5.54. The lowest BCUT2D eigenvalue weighted by atomic mass is 10.2. The number of rotatable bonds is 8. The van der Waals surface area contributed by atoms with E-state index in [-0.39, 0.29) is 0 Å². The second-order valence-corrected chi connectivity index (χ2v) is 5.55. The second-order valence-electron chi connectivity index (χ2n) is 5.55. The minimum Gasteiger partial charge on any atom is -0.381 e. The molecule has 4 nitrogen and oxygen atoms in total. The number of guanidine groups is 1. The molecule has 2 N–H and O–H groups in total. The van der Waals surface area contributed by atoms with Gasteiger partial charge in [0.25, 0.3) is 0 Å². The fourth-order valence-corrected chi connectivity index (χ4v) is 1.70. The van der Waals surface area contributed by atoms with E-state index in [1.54, 1.807) is 0 Å². The van der Waals surface area contributed by atoms with Crippen molar-refractivity contribution in [1.82, 2.24) is 10.6 Å². The highest BCUT2D eigenvalue weighted by atomic mass is 16.5. The molecule has 1 fully saturated rings. The van der Waals surface area contributed by atoms with Crippen LogP contribution in [0.25, 0.3) is 0 Å². The number of ether oxygens (including phenoxy) is 1. The molecule has 2 atom stereocenters. The van der Waals surface area contributed by atoms with Crippen molar-refractivity contribution < 1.29 is 4.74 Å². The molecule has 1 rings (SSSR count).